The maximum atomic E-state index is 12.2. The van der Waals surface area contributed by atoms with Crippen molar-refractivity contribution in [2.75, 3.05) is 33.2 Å². The minimum Gasteiger partial charge on any atom is -0.493 e. The molecule has 0 aliphatic rings. The standard InChI is InChI=1S/C18H24N4O4/c1-11(2)10-20-17(23)13-6-7-19-18(22-13)21-12-8-14(24-3)16(26-5)15(9-12)25-4/h6-9,11H,10H2,1-5H3,(H,20,23)(H,19,21,22). The molecule has 0 aliphatic heterocycles. The van der Waals surface area contributed by atoms with Gasteiger partial charge in [-0.3, -0.25) is 4.79 Å². The number of carbonyl (C=O) groups excluding carboxylic acids is 1. The number of benzene rings is 1. The van der Waals surface area contributed by atoms with E-state index in [2.05, 4.69) is 20.6 Å². The van der Waals surface area contributed by atoms with Gasteiger partial charge in [0.15, 0.2) is 11.5 Å². The van der Waals surface area contributed by atoms with Crippen molar-refractivity contribution < 1.29 is 19.0 Å². The second kappa shape index (κ2) is 8.89. The summed E-state index contributed by atoms with van der Waals surface area (Å²) in [4.78, 5) is 20.6. The molecule has 26 heavy (non-hydrogen) atoms. The fourth-order valence-corrected chi connectivity index (χ4v) is 2.22. The lowest BCUT2D eigenvalue weighted by atomic mass is 10.2. The summed E-state index contributed by atoms with van der Waals surface area (Å²) in [5.41, 5.74) is 0.926. The first-order valence-corrected chi connectivity index (χ1v) is 8.16. The molecule has 1 aromatic carbocycles. The number of aromatic nitrogens is 2. The van der Waals surface area contributed by atoms with Crippen LogP contribution in [0.4, 0.5) is 11.6 Å². The molecule has 0 saturated heterocycles. The average Bonchev–Trinajstić information content (AvgIpc) is 2.65. The normalized spacial score (nSPS) is 10.4. The van der Waals surface area contributed by atoms with E-state index in [4.69, 9.17) is 14.2 Å². The lowest BCUT2D eigenvalue weighted by Crippen LogP contribution is -2.28. The van der Waals surface area contributed by atoms with Crippen molar-refractivity contribution in [2.45, 2.75) is 13.8 Å². The van der Waals surface area contributed by atoms with Crippen LogP contribution in [0.25, 0.3) is 0 Å². The van der Waals surface area contributed by atoms with E-state index in [0.717, 1.165) is 0 Å². The Morgan fingerprint density at radius 3 is 2.31 bits per heavy atom. The second-order valence-corrected chi connectivity index (χ2v) is 5.91. The monoisotopic (exact) mass is 360 g/mol. The van der Waals surface area contributed by atoms with Gasteiger partial charge in [-0.1, -0.05) is 13.8 Å². The number of rotatable bonds is 8. The van der Waals surface area contributed by atoms with Crippen molar-refractivity contribution in [1.82, 2.24) is 15.3 Å². The molecule has 8 nitrogen and oxygen atoms in total. The highest BCUT2D eigenvalue weighted by molar-refractivity contribution is 5.92. The van der Waals surface area contributed by atoms with Crippen LogP contribution in [-0.4, -0.2) is 43.7 Å². The summed E-state index contributed by atoms with van der Waals surface area (Å²) in [5, 5.41) is 5.87. The number of nitrogens with zero attached hydrogens (tertiary/aromatic N) is 2. The second-order valence-electron chi connectivity index (χ2n) is 5.91. The van der Waals surface area contributed by atoms with Crippen LogP contribution in [0.1, 0.15) is 24.3 Å². The van der Waals surface area contributed by atoms with Crippen LogP contribution in [0, 0.1) is 5.92 Å². The zero-order chi connectivity index (χ0) is 19.1. The number of ether oxygens (including phenoxy) is 3. The van der Waals surface area contributed by atoms with Crippen molar-refractivity contribution in [3.63, 3.8) is 0 Å². The molecule has 1 amide bonds. The van der Waals surface area contributed by atoms with Crippen molar-refractivity contribution in [1.29, 1.82) is 0 Å². The van der Waals surface area contributed by atoms with Gasteiger partial charge in [0.05, 0.1) is 21.3 Å². The Balaban J connectivity index is 2.23. The Kier molecular flexibility index (Phi) is 6.60. The third-order valence-electron chi connectivity index (χ3n) is 3.48. The number of nitrogens with one attached hydrogen (secondary N) is 2. The summed E-state index contributed by atoms with van der Waals surface area (Å²) in [6.45, 7) is 4.63. The van der Waals surface area contributed by atoms with Crippen LogP contribution in [0.2, 0.25) is 0 Å². The molecule has 2 rings (SSSR count). The molecule has 0 radical (unpaired) electrons. The molecule has 0 spiro atoms. The number of anilines is 2. The predicted molar refractivity (Wildman–Crippen MR) is 98.6 cm³/mol. The first-order valence-electron chi connectivity index (χ1n) is 8.16. The number of hydrogen-bond acceptors (Lipinski definition) is 7. The summed E-state index contributed by atoms with van der Waals surface area (Å²) in [7, 11) is 4.62. The Hall–Kier alpha value is -3.03. The zero-order valence-corrected chi connectivity index (χ0v) is 15.6. The summed E-state index contributed by atoms with van der Waals surface area (Å²) in [5.74, 6) is 1.90. The maximum Gasteiger partial charge on any atom is 0.270 e. The van der Waals surface area contributed by atoms with E-state index in [0.29, 0.717) is 35.4 Å². The Bertz CT molecular complexity index is 740. The molecule has 140 valence electrons. The summed E-state index contributed by atoms with van der Waals surface area (Å²) in [6.07, 6.45) is 1.53. The molecule has 0 aliphatic carbocycles. The van der Waals surface area contributed by atoms with E-state index in [1.54, 1.807) is 18.2 Å². The van der Waals surface area contributed by atoms with Gasteiger partial charge in [-0.15, -0.1) is 0 Å². The molecule has 0 saturated carbocycles. The molecule has 1 heterocycles. The predicted octanol–water partition coefficient (Wildman–Crippen LogP) is 2.63. The van der Waals surface area contributed by atoms with E-state index in [9.17, 15) is 4.79 Å². The van der Waals surface area contributed by atoms with E-state index in [1.165, 1.54) is 27.5 Å². The van der Waals surface area contributed by atoms with Gasteiger partial charge in [0.2, 0.25) is 11.7 Å². The van der Waals surface area contributed by atoms with Crippen molar-refractivity contribution >= 4 is 17.5 Å². The average molecular weight is 360 g/mol. The Morgan fingerprint density at radius 2 is 1.77 bits per heavy atom. The third kappa shape index (κ3) is 4.75. The smallest absolute Gasteiger partial charge is 0.270 e. The fraction of sp³-hybridized carbons (Fsp3) is 0.389. The summed E-state index contributed by atoms with van der Waals surface area (Å²) >= 11 is 0. The molecule has 0 unspecified atom stereocenters. The highest BCUT2D eigenvalue weighted by atomic mass is 16.5. The van der Waals surface area contributed by atoms with Gasteiger partial charge in [0.1, 0.15) is 5.69 Å². The van der Waals surface area contributed by atoms with Crippen LogP contribution in [-0.2, 0) is 0 Å². The van der Waals surface area contributed by atoms with Gasteiger partial charge in [-0.2, -0.15) is 0 Å². The van der Waals surface area contributed by atoms with E-state index >= 15 is 0 Å². The third-order valence-corrected chi connectivity index (χ3v) is 3.48. The van der Waals surface area contributed by atoms with Gasteiger partial charge >= 0.3 is 0 Å². The lowest BCUT2D eigenvalue weighted by Gasteiger charge is -2.14. The quantitative estimate of drug-likeness (QED) is 0.747. The SMILES string of the molecule is COc1cc(Nc2nccc(C(=O)NCC(C)C)n2)cc(OC)c1OC. The van der Waals surface area contributed by atoms with Gasteiger partial charge in [0, 0.05) is 30.6 Å². The fourth-order valence-electron chi connectivity index (χ4n) is 2.22. The van der Waals surface area contributed by atoms with E-state index in [-0.39, 0.29) is 17.5 Å². The highest BCUT2D eigenvalue weighted by Gasteiger charge is 2.14. The van der Waals surface area contributed by atoms with Gasteiger partial charge in [0.25, 0.3) is 5.91 Å². The molecular weight excluding hydrogens is 336 g/mol. The maximum absolute atomic E-state index is 12.2. The largest absolute Gasteiger partial charge is 0.493 e. The summed E-state index contributed by atoms with van der Waals surface area (Å²) in [6, 6.07) is 5.03. The Labute approximate surface area is 152 Å². The molecule has 2 aromatic rings. The van der Waals surface area contributed by atoms with Gasteiger partial charge in [-0.05, 0) is 12.0 Å². The number of methoxy groups -OCH3 is 3. The number of amides is 1. The van der Waals surface area contributed by atoms with Crippen LogP contribution >= 0.6 is 0 Å². The van der Waals surface area contributed by atoms with E-state index < -0.39 is 0 Å². The van der Waals surface area contributed by atoms with Gasteiger partial charge < -0.3 is 24.8 Å². The molecule has 0 atom stereocenters. The topological polar surface area (TPSA) is 94.6 Å². The number of carbonyl (C=O) groups is 1. The lowest BCUT2D eigenvalue weighted by molar-refractivity contribution is 0.0944. The summed E-state index contributed by atoms with van der Waals surface area (Å²) < 4.78 is 15.9. The molecule has 0 fully saturated rings. The molecule has 1 aromatic heterocycles. The molecule has 8 heteroatoms. The Morgan fingerprint density at radius 1 is 1.12 bits per heavy atom. The molecule has 0 bridgehead atoms. The first kappa shape index (κ1) is 19.3. The van der Waals surface area contributed by atoms with Gasteiger partial charge in [-0.25, -0.2) is 9.97 Å². The zero-order valence-electron chi connectivity index (χ0n) is 15.6. The minimum absolute atomic E-state index is 0.242. The van der Waals surface area contributed by atoms with Crippen LogP contribution in [0.15, 0.2) is 24.4 Å². The van der Waals surface area contributed by atoms with Crippen molar-refractivity contribution in [2.24, 2.45) is 5.92 Å². The molecular formula is C18H24N4O4. The number of hydrogen-bond donors (Lipinski definition) is 2. The van der Waals surface area contributed by atoms with Crippen LogP contribution in [0.3, 0.4) is 0 Å². The highest BCUT2D eigenvalue weighted by Crippen LogP contribution is 2.40. The van der Waals surface area contributed by atoms with Crippen molar-refractivity contribution in [3.05, 3.63) is 30.1 Å². The van der Waals surface area contributed by atoms with Crippen molar-refractivity contribution in [3.8, 4) is 17.2 Å². The van der Waals surface area contributed by atoms with Crippen LogP contribution in [0.5, 0.6) is 17.2 Å². The first-order chi connectivity index (χ1) is 12.5. The van der Waals surface area contributed by atoms with E-state index in [1.807, 2.05) is 13.8 Å². The molecule has 2 N–H and O–H groups in total. The minimum atomic E-state index is -0.242. The van der Waals surface area contributed by atoms with Crippen LogP contribution < -0.4 is 24.8 Å².